The van der Waals surface area contributed by atoms with Gasteiger partial charge in [0, 0.05) is 0 Å². The number of nitrogens with two attached hydrogens (primary N) is 2. The minimum atomic E-state index is -1.09. The molecule has 0 radical (unpaired) electrons. The summed E-state index contributed by atoms with van der Waals surface area (Å²) in [5.74, 6) is 0. The zero-order valence-electron chi connectivity index (χ0n) is 6.29. The van der Waals surface area contributed by atoms with Crippen LogP contribution in [-0.4, -0.2) is 18.2 Å². The third-order valence-corrected chi connectivity index (χ3v) is 0.606. The second-order valence-electron chi connectivity index (χ2n) is 1.60. The average molecular weight is 192 g/mol. The molecule has 0 aliphatic carbocycles. The van der Waals surface area contributed by atoms with Gasteiger partial charge in [0.1, 0.15) is 0 Å². The van der Waals surface area contributed by atoms with E-state index >= 15 is 0 Å². The van der Waals surface area contributed by atoms with Gasteiger partial charge in [-0.3, -0.25) is 0 Å². The molecule has 0 unspecified atom stereocenters. The van der Waals surface area contributed by atoms with Crippen molar-refractivity contribution in [2.45, 2.75) is 0 Å². The van der Waals surface area contributed by atoms with Crippen LogP contribution in [0.5, 0.6) is 0 Å². The molecule has 13 heavy (non-hydrogen) atoms. The zero-order valence-corrected chi connectivity index (χ0v) is 6.29. The van der Waals surface area contributed by atoms with E-state index in [1.807, 2.05) is 0 Å². The largest absolute Gasteiger partial charge is 0.446 e. The SMILES string of the molecule is NC(=O)NNOC(=O)NNC(N)=O. The average Bonchev–Trinajstić information content (AvgIpc) is 2.00. The summed E-state index contributed by atoms with van der Waals surface area (Å²) in [6.07, 6.45) is -1.09. The molecule has 0 aromatic carbocycles. The first-order chi connectivity index (χ1) is 6.02. The highest BCUT2D eigenvalue weighted by Gasteiger charge is 2.01. The van der Waals surface area contributed by atoms with Gasteiger partial charge in [-0.15, -0.1) is 0 Å². The Bertz CT molecular complexity index is 216. The van der Waals surface area contributed by atoms with E-state index in [9.17, 15) is 14.4 Å². The first-order valence-electron chi connectivity index (χ1n) is 2.85. The first kappa shape index (κ1) is 10.8. The van der Waals surface area contributed by atoms with Crippen LogP contribution in [0.2, 0.25) is 0 Å². The van der Waals surface area contributed by atoms with Crippen LogP contribution < -0.4 is 33.3 Å². The third-order valence-electron chi connectivity index (χ3n) is 0.606. The molecule has 0 atom stereocenters. The minimum Gasteiger partial charge on any atom is -0.350 e. The van der Waals surface area contributed by atoms with Gasteiger partial charge in [-0.25, -0.2) is 30.7 Å². The number of urea groups is 2. The van der Waals surface area contributed by atoms with Crippen LogP contribution in [0.1, 0.15) is 0 Å². The van der Waals surface area contributed by atoms with E-state index in [0.717, 1.165) is 0 Å². The smallest absolute Gasteiger partial charge is 0.350 e. The fourth-order valence-electron chi connectivity index (χ4n) is 0.260. The van der Waals surface area contributed by atoms with Gasteiger partial charge in [-0.1, -0.05) is 5.59 Å². The fourth-order valence-corrected chi connectivity index (χ4v) is 0.260. The Morgan fingerprint density at radius 3 is 1.92 bits per heavy atom. The molecule has 10 heteroatoms. The number of amides is 5. The Kier molecular flexibility index (Phi) is 4.49. The highest BCUT2D eigenvalue weighted by Crippen LogP contribution is 1.65. The highest BCUT2D eigenvalue weighted by molar-refractivity contribution is 5.76. The van der Waals surface area contributed by atoms with E-state index in [-0.39, 0.29) is 0 Å². The molecule has 0 saturated heterocycles. The Labute approximate surface area is 71.8 Å². The van der Waals surface area contributed by atoms with Crippen molar-refractivity contribution in [2.24, 2.45) is 11.5 Å². The predicted molar refractivity (Wildman–Crippen MR) is 38.2 cm³/mol. The number of nitrogens with one attached hydrogen (secondary N) is 4. The highest BCUT2D eigenvalue weighted by atomic mass is 16.7. The molecule has 0 fully saturated rings. The molecular formula is C3H8N6O4. The van der Waals surface area contributed by atoms with E-state index in [1.165, 1.54) is 0 Å². The third kappa shape index (κ3) is 7.67. The van der Waals surface area contributed by atoms with Crippen molar-refractivity contribution >= 4 is 18.2 Å². The topological polar surface area (TPSA) is 161 Å². The van der Waals surface area contributed by atoms with Crippen molar-refractivity contribution in [1.82, 2.24) is 21.9 Å². The molecular weight excluding hydrogens is 184 g/mol. The lowest BCUT2D eigenvalue weighted by atomic mass is 11.1. The number of hydrazine groups is 2. The van der Waals surface area contributed by atoms with E-state index in [0.29, 0.717) is 0 Å². The maximum Gasteiger partial charge on any atom is 0.446 e. The molecule has 10 nitrogen and oxygen atoms in total. The van der Waals surface area contributed by atoms with Crippen molar-refractivity contribution in [3.63, 3.8) is 0 Å². The van der Waals surface area contributed by atoms with Crippen molar-refractivity contribution in [2.75, 3.05) is 0 Å². The quantitative estimate of drug-likeness (QED) is 0.264. The Hall–Kier alpha value is -2.23. The Balaban J connectivity index is 3.41. The maximum absolute atomic E-state index is 10.5. The molecule has 0 aliphatic heterocycles. The van der Waals surface area contributed by atoms with Crippen molar-refractivity contribution in [1.29, 1.82) is 0 Å². The number of rotatable bonds is 2. The van der Waals surface area contributed by atoms with Gasteiger partial charge in [-0.05, 0) is 0 Å². The Morgan fingerprint density at radius 1 is 0.923 bits per heavy atom. The van der Waals surface area contributed by atoms with Crippen LogP contribution in [-0.2, 0) is 4.84 Å². The second kappa shape index (κ2) is 5.42. The van der Waals surface area contributed by atoms with Gasteiger partial charge in [0.25, 0.3) is 0 Å². The summed E-state index contributed by atoms with van der Waals surface area (Å²) in [5, 5.41) is 0. The summed E-state index contributed by atoms with van der Waals surface area (Å²) in [4.78, 5) is 34.5. The maximum atomic E-state index is 10.5. The molecule has 0 bridgehead atoms. The van der Waals surface area contributed by atoms with Crippen molar-refractivity contribution in [3.05, 3.63) is 0 Å². The van der Waals surface area contributed by atoms with Gasteiger partial charge in [0.05, 0.1) is 0 Å². The summed E-state index contributed by atoms with van der Waals surface area (Å²) >= 11 is 0. The lowest BCUT2D eigenvalue weighted by molar-refractivity contribution is 0.0694. The molecule has 8 N–H and O–H groups in total. The van der Waals surface area contributed by atoms with Gasteiger partial charge in [0.15, 0.2) is 0 Å². The lowest BCUT2D eigenvalue weighted by Crippen LogP contribution is -2.49. The van der Waals surface area contributed by atoms with E-state index in [2.05, 4.69) is 16.3 Å². The van der Waals surface area contributed by atoms with Crippen LogP contribution in [0, 0.1) is 0 Å². The standard InChI is InChI=1S/C3H8N6O4/c4-1(10)6-8-3(12)13-9-7-2(5)11/h9H,(H,8,12)(H3,4,6,10)(H3,5,7,11). The minimum absolute atomic E-state index is 0.948. The summed E-state index contributed by atoms with van der Waals surface area (Å²) in [7, 11) is 0. The van der Waals surface area contributed by atoms with E-state index in [4.69, 9.17) is 0 Å². The number of primary amides is 2. The predicted octanol–water partition coefficient (Wildman–Crippen LogP) is -2.62. The van der Waals surface area contributed by atoms with Crippen LogP contribution in [0.25, 0.3) is 0 Å². The van der Waals surface area contributed by atoms with Gasteiger partial charge in [-0.2, -0.15) is 0 Å². The van der Waals surface area contributed by atoms with Crippen molar-refractivity contribution < 1.29 is 19.2 Å². The van der Waals surface area contributed by atoms with Crippen LogP contribution >= 0.6 is 0 Å². The normalized spacial score (nSPS) is 8.31. The molecule has 0 rings (SSSR count). The molecule has 0 heterocycles. The van der Waals surface area contributed by atoms with Crippen LogP contribution in [0.4, 0.5) is 14.4 Å². The van der Waals surface area contributed by atoms with Crippen molar-refractivity contribution in [3.8, 4) is 0 Å². The zero-order chi connectivity index (χ0) is 10.3. The monoisotopic (exact) mass is 192 g/mol. The Morgan fingerprint density at radius 2 is 1.46 bits per heavy atom. The molecule has 5 amide bonds. The van der Waals surface area contributed by atoms with E-state index in [1.54, 1.807) is 21.9 Å². The summed E-state index contributed by atoms with van der Waals surface area (Å²) in [6.45, 7) is 0. The number of hydrogen-bond donors (Lipinski definition) is 6. The number of carbonyl (C=O) groups is 3. The summed E-state index contributed by atoms with van der Waals surface area (Å²) < 4.78 is 0. The summed E-state index contributed by atoms with van der Waals surface area (Å²) in [5.41, 5.74) is 16.0. The molecule has 0 aliphatic rings. The lowest BCUT2D eigenvalue weighted by Gasteiger charge is -2.05. The molecule has 0 aromatic rings. The van der Waals surface area contributed by atoms with Gasteiger partial charge in [0.2, 0.25) is 0 Å². The fraction of sp³-hybridized carbons (Fsp3) is 0. The molecule has 0 aromatic heterocycles. The number of hydrogen-bond acceptors (Lipinski definition) is 5. The second-order valence-corrected chi connectivity index (χ2v) is 1.60. The first-order valence-corrected chi connectivity index (χ1v) is 2.85. The number of carbonyl (C=O) groups excluding carboxylic acids is 3. The van der Waals surface area contributed by atoms with E-state index < -0.39 is 18.2 Å². The molecule has 0 saturated carbocycles. The summed E-state index contributed by atoms with van der Waals surface area (Å²) in [6, 6.07) is -1.92. The molecule has 0 spiro atoms. The molecule has 74 valence electrons. The van der Waals surface area contributed by atoms with Crippen LogP contribution in [0.3, 0.4) is 0 Å². The van der Waals surface area contributed by atoms with Crippen LogP contribution in [0.15, 0.2) is 0 Å². The van der Waals surface area contributed by atoms with Gasteiger partial charge < -0.3 is 16.3 Å². The van der Waals surface area contributed by atoms with Gasteiger partial charge >= 0.3 is 18.2 Å².